The Morgan fingerprint density at radius 1 is 1.16 bits per heavy atom. The summed E-state index contributed by atoms with van der Waals surface area (Å²) in [6.45, 7) is 1.87. The lowest BCUT2D eigenvalue weighted by Crippen LogP contribution is -2.20. The molecule has 8 heteroatoms. The summed E-state index contributed by atoms with van der Waals surface area (Å²) in [6.07, 6.45) is -0.842. The van der Waals surface area contributed by atoms with E-state index in [1.54, 1.807) is 12.3 Å². The summed E-state index contributed by atoms with van der Waals surface area (Å²) < 4.78 is 39.2. The van der Waals surface area contributed by atoms with E-state index in [1.165, 1.54) is 12.1 Å². The maximum atomic E-state index is 13.1. The van der Waals surface area contributed by atoms with Crippen molar-refractivity contribution in [3.05, 3.63) is 52.8 Å². The predicted molar refractivity (Wildman–Crippen MR) is 90.1 cm³/mol. The van der Waals surface area contributed by atoms with E-state index in [2.05, 4.69) is 15.2 Å². The topological polar surface area (TPSA) is 45.2 Å². The van der Waals surface area contributed by atoms with Gasteiger partial charge in [0, 0.05) is 18.1 Å². The molecule has 1 aromatic heterocycles. The third-order valence-electron chi connectivity index (χ3n) is 3.99. The zero-order valence-electron chi connectivity index (χ0n) is 13.1. The van der Waals surface area contributed by atoms with Crippen LogP contribution in [0.4, 0.5) is 24.5 Å². The summed E-state index contributed by atoms with van der Waals surface area (Å²) in [4.78, 5) is 18.4. The van der Waals surface area contributed by atoms with Crippen LogP contribution in [0.25, 0.3) is 0 Å². The van der Waals surface area contributed by atoms with Gasteiger partial charge in [-0.3, -0.25) is 4.79 Å². The number of alkyl halides is 3. The first-order valence-electron chi connectivity index (χ1n) is 7.74. The Bertz CT molecular complexity index is 772. The van der Waals surface area contributed by atoms with Gasteiger partial charge in [0.05, 0.1) is 23.1 Å². The molecular weight excluding hydrogens is 355 g/mol. The molecule has 3 rings (SSSR count). The van der Waals surface area contributed by atoms with Crippen molar-refractivity contribution in [1.29, 1.82) is 0 Å². The van der Waals surface area contributed by atoms with Gasteiger partial charge in [0.25, 0.3) is 5.91 Å². The van der Waals surface area contributed by atoms with Gasteiger partial charge < -0.3 is 10.2 Å². The van der Waals surface area contributed by atoms with Gasteiger partial charge in [0.15, 0.2) is 0 Å². The van der Waals surface area contributed by atoms with Crippen LogP contribution in [0.1, 0.15) is 28.9 Å². The maximum Gasteiger partial charge on any atom is 0.418 e. The number of benzene rings is 1. The van der Waals surface area contributed by atoms with Gasteiger partial charge in [0.1, 0.15) is 5.69 Å². The lowest BCUT2D eigenvalue weighted by Gasteiger charge is -2.17. The van der Waals surface area contributed by atoms with Crippen LogP contribution >= 0.6 is 11.6 Å². The van der Waals surface area contributed by atoms with Crippen LogP contribution in [0.2, 0.25) is 5.02 Å². The summed E-state index contributed by atoms with van der Waals surface area (Å²) >= 11 is 5.63. The van der Waals surface area contributed by atoms with Crippen molar-refractivity contribution in [1.82, 2.24) is 4.98 Å². The fourth-order valence-corrected chi connectivity index (χ4v) is 2.90. The van der Waals surface area contributed by atoms with Crippen molar-refractivity contribution in [2.45, 2.75) is 19.0 Å². The van der Waals surface area contributed by atoms with E-state index in [9.17, 15) is 18.0 Å². The van der Waals surface area contributed by atoms with Crippen LogP contribution in [0.3, 0.4) is 0 Å². The minimum atomic E-state index is -4.62. The number of hydrogen-bond acceptors (Lipinski definition) is 3. The molecule has 0 atom stereocenters. The molecule has 1 N–H and O–H groups in total. The van der Waals surface area contributed by atoms with Crippen molar-refractivity contribution in [3.63, 3.8) is 0 Å². The van der Waals surface area contributed by atoms with E-state index < -0.39 is 17.6 Å². The molecule has 0 spiro atoms. The average Bonchev–Trinajstić information content (AvgIpc) is 3.10. The molecule has 0 saturated carbocycles. The predicted octanol–water partition coefficient (Wildman–Crippen LogP) is 4.61. The van der Waals surface area contributed by atoms with Gasteiger partial charge in [-0.1, -0.05) is 11.6 Å². The highest BCUT2D eigenvalue weighted by molar-refractivity contribution is 6.30. The first kappa shape index (κ1) is 17.5. The Hall–Kier alpha value is -2.28. The summed E-state index contributed by atoms with van der Waals surface area (Å²) in [6, 6.07) is 6.45. The highest BCUT2D eigenvalue weighted by atomic mass is 35.5. The summed E-state index contributed by atoms with van der Waals surface area (Å²) in [5.41, 5.74) is -0.406. The fraction of sp³-hybridized carbons (Fsp3) is 0.294. The van der Waals surface area contributed by atoms with E-state index in [-0.39, 0.29) is 16.4 Å². The van der Waals surface area contributed by atoms with Crippen molar-refractivity contribution in [2.75, 3.05) is 23.3 Å². The molecule has 2 heterocycles. The van der Waals surface area contributed by atoms with Crippen molar-refractivity contribution in [2.24, 2.45) is 0 Å². The second-order valence-electron chi connectivity index (χ2n) is 5.74. The number of aromatic nitrogens is 1. The molecule has 1 saturated heterocycles. The van der Waals surface area contributed by atoms with Crippen LogP contribution < -0.4 is 10.2 Å². The first-order chi connectivity index (χ1) is 11.8. The molecule has 1 aliphatic heterocycles. The molecule has 1 aliphatic rings. The molecule has 0 aliphatic carbocycles. The first-order valence-corrected chi connectivity index (χ1v) is 8.11. The Morgan fingerprint density at radius 3 is 2.48 bits per heavy atom. The lowest BCUT2D eigenvalue weighted by molar-refractivity contribution is -0.136. The van der Waals surface area contributed by atoms with Gasteiger partial charge >= 0.3 is 6.18 Å². The number of nitrogens with one attached hydrogen (secondary N) is 1. The van der Waals surface area contributed by atoms with E-state index in [4.69, 9.17) is 11.6 Å². The van der Waals surface area contributed by atoms with Gasteiger partial charge in [-0.05, 0) is 43.2 Å². The number of anilines is 2. The van der Waals surface area contributed by atoms with E-state index in [0.717, 1.165) is 43.8 Å². The van der Waals surface area contributed by atoms with Crippen LogP contribution in [0.15, 0.2) is 36.5 Å². The number of carbonyl (C=O) groups is 1. The number of pyridine rings is 1. The number of halogens is 4. The van der Waals surface area contributed by atoms with Crippen molar-refractivity contribution >= 4 is 28.9 Å². The molecule has 1 fully saturated rings. The van der Waals surface area contributed by atoms with Gasteiger partial charge in [0.2, 0.25) is 0 Å². The zero-order chi connectivity index (χ0) is 18.0. The smallest absolute Gasteiger partial charge is 0.370 e. The molecule has 0 bridgehead atoms. The molecule has 132 valence electrons. The Morgan fingerprint density at radius 2 is 1.88 bits per heavy atom. The fourth-order valence-electron chi connectivity index (χ4n) is 2.73. The van der Waals surface area contributed by atoms with Crippen molar-refractivity contribution in [3.8, 4) is 0 Å². The second-order valence-corrected chi connectivity index (χ2v) is 6.17. The highest BCUT2D eigenvalue weighted by Crippen LogP contribution is 2.36. The van der Waals surface area contributed by atoms with Gasteiger partial charge in [-0.25, -0.2) is 4.98 Å². The molecule has 0 unspecified atom stereocenters. The SMILES string of the molecule is O=C(Nc1ccc(Cl)cc1C(F)(F)F)c1ccc(N2CCCC2)cn1. The van der Waals surface area contributed by atoms with E-state index in [0.29, 0.717) is 0 Å². The molecule has 25 heavy (non-hydrogen) atoms. The molecule has 1 aromatic carbocycles. The third-order valence-corrected chi connectivity index (χ3v) is 4.22. The van der Waals surface area contributed by atoms with Crippen LogP contribution in [0.5, 0.6) is 0 Å². The second kappa shape index (κ2) is 6.92. The largest absolute Gasteiger partial charge is 0.418 e. The minimum Gasteiger partial charge on any atom is -0.370 e. The molecular formula is C17H15ClF3N3O. The number of hydrogen-bond donors (Lipinski definition) is 1. The summed E-state index contributed by atoms with van der Waals surface area (Å²) in [5.74, 6) is -0.708. The van der Waals surface area contributed by atoms with Crippen LogP contribution in [-0.4, -0.2) is 24.0 Å². The van der Waals surface area contributed by atoms with Gasteiger partial charge in [-0.2, -0.15) is 13.2 Å². The van der Waals surface area contributed by atoms with Crippen LogP contribution in [-0.2, 0) is 6.18 Å². The normalized spacial score (nSPS) is 14.6. The Balaban J connectivity index is 1.78. The summed E-state index contributed by atoms with van der Waals surface area (Å²) in [5, 5.41) is 2.20. The maximum absolute atomic E-state index is 13.1. The van der Waals surface area contributed by atoms with Crippen LogP contribution in [0, 0.1) is 0 Å². The third kappa shape index (κ3) is 4.04. The Labute approximate surface area is 147 Å². The standard InChI is InChI=1S/C17H15ClF3N3O/c18-11-3-5-14(13(9-11)17(19,20)21)23-16(25)15-6-4-12(10-22-15)24-7-1-2-8-24/h3-6,9-10H,1-2,7-8H2,(H,23,25). The molecule has 4 nitrogen and oxygen atoms in total. The van der Waals surface area contributed by atoms with Crippen molar-refractivity contribution < 1.29 is 18.0 Å². The van der Waals surface area contributed by atoms with Gasteiger partial charge in [-0.15, -0.1) is 0 Å². The summed E-state index contributed by atoms with van der Waals surface area (Å²) in [7, 11) is 0. The quantitative estimate of drug-likeness (QED) is 0.859. The van der Waals surface area contributed by atoms with E-state index >= 15 is 0 Å². The van der Waals surface area contributed by atoms with E-state index in [1.807, 2.05) is 0 Å². The zero-order valence-corrected chi connectivity index (χ0v) is 13.9. The number of rotatable bonds is 3. The molecule has 0 radical (unpaired) electrons. The Kier molecular flexibility index (Phi) is 4.85. The lowest BCUT2D eigenvalue weighted by atomic mass is 10.1. The number of nitrogens with zero attached hydrogens (tertiary/aromatic N) is 2. The minimum absolute atomic E-state index is 0.0472. The highest BCUT2D eigenvalue weighted by Gasteiger charge is 2.34. The number of carbonyl (C=O) groups excluding carboxylic acids is 1. The molecule has 2 aromatic rings. The number of amides is 1. The molecule has 1 amide bonds. The average molecular weight is 370 g/mol. The monoisotopic (exact) mass is 369 g/mol.